The van der Waals surface area contributed by atoms with Crippen LogP contribution in [-0.4, -0.2) is 25.4 Å². The van der Waals surface area contributed by atoms with Crippen molar-refractivity contribution >= 4 is 0 Å². The number of hydrogen-bond donors (Lipinski definition) is 0. The molecule has 2 saturated heterocycles. The Balaban J connectivity index is 1.53. The quantitative estimate of drug-likeness (QED) is 0.712. The summed E-state index contributed by atoms with van der Waals surface area (Å²) in [5, 5.41) is 0. The van der Waals surface area contributed by atoms with Gasteiger partial charge in [-0.25, -0.2) is 0 Å². The van der Waals surface area contributed by atoms with E-state index in [1.54, 1.807) is 0 Å². The molecule has 0 spiro atoms. The Labute approximate surface area is 93.3 Å². The molecule has 2 heteroatoms. The lowest BCUT2D eigenvalue weighted by Crippen LogP contribution is -2.21. The summed E-state index contributed by atoms with van der Waals surface area (Å²) < 4.78 is 11.5. The monoisotopic (exact) mass is 212 g/mol. The van der Waals surface area contributed by atoms with E-state index in [0.29, 0.717) is 12.2 Å². The van der Waals surface area contributed by atoms with Crippen molar-refractivity contribution in [1.29, 1.82) is 0 Å². The predicted octanol–water partition coefficient (Wildman–Crippen LogP) is 3.29. The fraction of sp³-hybridized carbons (Fsp3) is 1.00. The molecule has 88 valence electrons. The van der Waals surface area contributed by atoms with Crippen molar-refractivity contribution in [3.8, 4) is 0 Å². The van der Waals surface area contributed by atoms with Gasteiger partial charge in [-0.3, -0.25) is 0 Å². The summed E-state index contributed by atoms with van der Waals surface area (Å²) in [6.07, 6.45) is 12.7. The molecule has 0 aromatic carbocycles. The Morgan fingerprint density at radius 2 is 1.27 bits per heavy atom. The first-order valence-electron chi connectivity index (χ1n) is 6.68. The van der Waals surface area contributed by atoms with Gasteiger partial charge in [-0.05, 0) is 57.8 Å². The van der Waals surface area contributed by atoms with E-state index in [1.165, 1.54) is 57.8 Å². The molecule has 0 saturated carbocycles. The Morgan fingerprint density at radius 1 is 0.733 bits per heavy atom. The molecule has 0 N–H and O–H groups in total. The molecule has 0 amide bonds. The molecule has 0 aliphatic carbocycles. The molecule has 0 aromatic rings. The summed E-state index contributed by atoms with van der Waals surface area (Å²) in [4.78, 5) is 0. The van der Waals surface area contributed by atoms with Crippen LogP contribution >= 0.6 is 0 Å². The second-order valence-electron chi connectivity index (χ2n) is 4.91. The Bertz CT molecular complexity index is 140. The smallest absolute Gasteiger partial charge is 0.0575 e. The molecule has 2 rings (SSSR count). The zero-order chi connectivity index (χ0) is 10.3. The van der Waals surface area contributed by atoms with Gasteiger partial charge in [-0.2, -0.15) is 0 Å². The van der Waals surface area contributed by atoms with E-state index in [4.69, 9.17) is 9.47 Å². The third-order valence-corrected chi connectivity index (χ3v) is 3.60. The third-order valence-electron chi connectivity index (χ3n) is 3.60. The number of rotatable bonds is 4. The normalized spacial score (nSPS) is 32.8. The lowest BCUT2D eigenvalue weighted by molar-refractivity contribution is -0.00662. The summed E-state index contributed by atoms with van der Waals surface area (Å²) in [5.41, 5.74) is 0. The topological polar surface area (TPSA) is 18.5 Å². The molecule has 2 aliphatic rings. The van der Waals surface area contributed by atoms with Crippen LogP contribution in [0.1, 0.15) is 57.8 Å². The van der Waals surface area contributed by atoms with Crippen LogP contribution in [0, 0.1) is 0 Å². The van der Waals surface area contributed by atoms with Gasteiger partial charge in [-0.15, -0.1) is 0 Å². The average Bonchev–Trinajstić information content (AvgIpc) is 2.32. The maximum Gasteiger partial charge on any atom is 0.0575 e. The van der Waals surface area contributed by atoms with E-state index < -0.39 is 0 Å². The van der Waals surface area contributed by atoms with Crippen LogP contribution in [0.15, 0.2) is 0 Å². The molecule has 2 unspecified atom stereocenters. The standard InChI is InChI=1S/C13H24O2/c1-3-10-14-12(6-1)8-5-9-13-7-2-4-11-15-13/h12-13H,1-11H2. The molecule has 2 atom stereocenters. The van der Waals surface area contributed by atoms with Crippen LogP contribution in [-0.2, 0) is 9.47 Å². The van der Waals surface area contributed by atoms with Crippen LogP contribution < -0.4 is 0 Å². The summed E-state index contributed by atoms with van der Waals surface area (Å²) in [7, 11) is 0. The van der Waals surface area contributed by atoms with Crippen LogP contribution in [0.2, 0.25) is 0 Å². The third kappa shape index (κ3) is 4.12. The molecule has 2 fully saturated rings. The fourth-order valence-electron chi connectivity index (χ4n) is 2.64. The zero-order valence-electron chi connectivity index (χ0n) is 9.75. The highest BCUT2D eigenvalue weighted by molar-refractivity contribution is 4.67. The van der Waals surface area contributed by atoms with Gasteiger partial charge >= 0.3 is 0 Å². The van der Waals surface area contributed by atoms with Gasteiger partial charge in [0.2, 0.25) is 0 Å². The minimum absolute atomic E-state index is 0.558. The SMILES string of the molecule is C1CCC(CCCC2CCCCO2)OC1. The van der Waals surface area contributed by atoms with E-state index in [1.807, 2.05) is 0 Å². The van der Waals surface area contributed by atoms with Crippen molar-refractivity contribution in [3.05, 3.63) is 0 Å². The predicted molar refractivity (Wildman–Crippen MR) is 61.0 cm³/mol. The highest BCUT2D eigenvalue weighted by Gasteiger charge is 2.16. The van der Waals surface area contributed by atoms with Gasteiger partial charge < -0.3 is 9.47 Å². The highest BCUT2D eigenvalue weighted by atomic mass is 16.5. The maximum absolute atomic E-state index is 5.73. The second kappa shape index (κ2) is 6.49. The maximum atomic E-state index is 5.73. The van der Waals surface area contributed by atoms with Crippen LogP contribution in [0.25, 0.3) is 0 Å². The largest absolute Gasteiger partial charge is 0.378 e. The average molecular weight is 212 g/mol. The fourth-order valence-corrected chi connectivity index (χ4v) is 2.64. The molecule has 0 aromatic heterocycles. The Morgan fingerprint density at radius 3 is 1.67 bits per heavy atom. The van der Waals surface area contributed by atoms with Gasteiger partial charge in [0.1, 0.15) is 0 Å². The van der Waals surface area contributed by atoms with Crippen molar-refractivity contribution < 1.29 is 9.47 Å². The van der Waals surface area contributed by atoms with Gasteiger partial charge in [0.05, 0.1) is 12.2 Å². The molecular formula is C13H24O2. The highest BCUT2D eigenvalue weighted by Crippen LogP contribution is 2.21. The summed E-state index contributed by atoms with van der Waals surface area (Å²) in [5.74, 6) is 0. The summed E-state index contributed by atoms with van der Waals surface area (Å²) in [6.45, 7) is 1.98. The molecule has 2 nitrogen and oxygen atoms in total. The van der Waals surface area contributed by atoms with Gasteiger partial charge in [0.15, 0.2) is 0 Å². The molecule has 15 heavy (non-hydrogen) atoms. The molecule has 2 aliphatic heterocycles. The first-order valence-corrected chi connectivity index (χ1v) is 6.68. The van der Waals surface area contributed by atoms with E-state index in [0.717, 1.165) is 13.2 Å². The lowest BCUT2D eigenvalue weighted by Gasteiger charge is -2.25. The Hall–Kier alpha value is -0.0800. The minimum atomic E-state index is 0.558. The number of ether oxygens (including phenoxy) is 2. The van der Waals surface area contributed by atoms with E-state index in [-0.39, 0.29) is 0 Å². The molecule has 0 radical (unpaired) electrons. The van der Waals surface area contributed by atoms with Gasteiger partial charge in [-0.1, -0.05) is 0 Å². The first-order chi connectivity index (χ1) is 7.45. The first kappa shape index (κ1) is 11.4. The molecule has 0 bridgehead atoms. The van der Waals surface area contributed by atoms with Crippen molar-refractivity contribution in [3.63, 3.8) is 0 Å². The zero-order valence-corrected chi connectivity index (χ0v) is 9.75. The minimum Gasteiger partial charge on any atom is -0.378 e. The van der Waals surface area contributed by atoms with Crippen LogP contribution in [0.5, 0.6) is 0 Å². The van der Waals surface area contributed by atoms with E-state index in [9.17, 15) is 0 Å². The lowest BCUT2D eigenvalue weighted by atomic mass is 9.99. The Kier molecular flexibility index (Phi) is 4.94. The summed E-state index contributed by atoms with van der Waals surface area (Å²) >= 11 is 0. The van der Waals surface area contributed by atoms with Crippen molar-refractivity contribution in [2.24, 2.45) is 0 Å². The van der Waals surface area contributed by atoms with Crippen molar-refractivity contribution in [2.75, 3.05) is 13.2 Å². The molecular weight excluding hydrogens is 188 g/mol. The van der Waals surface area contributed by atoms with Gasteiger partial charge in [0, 0.05) is 13.2 Å². The van der Waals surface area contributed by atoms with Crippen molar-refractivity contribution in [1.82, 2.24) is 0 Å². The second-order valence-corrected chi connectivity index (χ2v) is 4.91. The molecule has 2 heterocycles. The van der Waals surface area contributed by atoms with E-state index in [2.05, 4.69) is 0 Å². The van der Waals surface area contributed by atoms with Crippen LogP contribution in [0.4, 0.5) is 0 Å². The summed E-state index contributed by atoms with van der Waals surface area (Å²) in [6, 6.07) is 0. The van der Waals surface area contributed by atoms with Crippen LogP contribution in [0.3, 0.4) is 0 Å². The number of hydrogen-bond acceptors (Lipinski definition) is 2. The van der Waals surface area contributed by atoms with Gasteiger partial charge in [0.25, 0.3) is 0 Å². The van der Waals surface area contributed by atoms with Crippen molar-refractivity contribution in [2.45, 2.75) is 70.0 Å². The van der Waals surface area contributed by atoms with E-state index >= 15 is 0 Å².